The molecule has 3 rings (SSSR count). The Hall–Kier alpha value is -2.27. The van der Waals surface area contributed by atoms with Crippen LogP contribution < -0.4 is 4.74 Å². The van der Waals surface area contributed by atoms with Crippen LogP contribution >= 0.6 is 34.8 Å². The SMILES string of the molecule is CCCN(CC)C(=O)c1ccc(OC(c2ccc(Cl)cc2)c2ccc(Cl)cc2Cl)c(F)c1. The Balaban J connectivity index is 1.96. The average Bonchev–Trinajstić information content (AvgIpc) is 2.77. The molecule has 1 amide bonds. The molecule has 0 spiro atoms. The lowest BCUT2D eigenvalue weighted by Crippen LogP contribution is -2.31. The number of rotatable bonds is 8. The Labute approximate surface area is 202 Å². The van der Waals surface area contributed by atoms with Crippen LogP contribution in [0.25, 0.3) is 0 Å². The molecule has 0 saturated heterocycles. The van der Waals surface area contributed by atoms with Crippen molar-refractivity contribution in [2.24, 2.45) is 0 Å². The van der Waals surface area contributed by atoms with Crippen LogP contribution in [-0.4, -0.2) is 23.9 Å². The van der Waals surface area contributed by atoms with Crippen LogP contribution in [0.2, 0.25) is 15.1 Å². The topological polar surface area (TPSA) is 29.5 Å². The highest BCUT2D eigenvalue weighted by atomic mass is 35.5. The quantitative estimate of drug-likeness (QED) is 0.319. The molecule has 0 bridgehead atoms. The van der Waals surface area contributed by atoms with Crippen LogP contribution in [0.15, 0.2) is 60.7 Å². The number of nitrogens with zero attached hydrogens (tertiary/aromatic N) is 1. The fourth-order valence-corrected chi connectivity index (χ4v) is 4.01. The molecule has 0 aromatic heterocycles. The molecule has 0 fully saturated rings. The molecule has 0 N–H and O–H groups in total. The van der Waals surface area contributed by atoms with Gasteiger partial charge in [0.25, 0.3) is 5.91 Å². The van der Waals surface area contributed by atoms with Crippen LogP contribution in [0.1, 0.15) is 47.9 Å². The minimum absolute atomic E-state index is 0.00561. The zero-order chi connectivity index (χ0) is 23.3. The summed E-state index contributed by atoms with van der Waals surface area (Å²) in [6.07, 6.45) is 0.119. The van der Waals surface area contributed by atoms with Crippen molar-refractivity contribution >= 4 is 40.7 Å². The highest BCUT2D eigenvalue weighted by molar-refractivity contribution is 6.35. The summed E-state index contributed by atoms with van der Waals surface area (Å²) in [5.74, 6) is -0.840. The Kier molecular flexibility index (Phi) is 8.41. The smallest absolute Gasteiger partial charge is 0.253 e. The van der Waals surface area contributed by atoms with E-state index in [1.807, 2.05) is 13.8 Å². The van der Waals surface area contributed by atoms with Crippen LogP contribution in [0.5, 0.6) is 5.75 Å². The van der Waals surface area contributed by atoms with E-state index in [4.69, 9.17) is 39.5 Å². The van der Waals surface area contributed by atoms with Crippen molar-refractivity contribution < 1.29 is 13.9 Å². The lowest BCUT2D eigenvalue weighted by molar-refractivity contribution is 0.0764. The van der Waals surface area contributed by atoms with Crippen molar-refractivity contribution in [3.63, 3.8) is 0 Å². The second-order valence-electron chi connectivity index (χ2n) is 7.25. The minimum atomic E-state index is -0.708. The molecule has 3 aromatic carbocycles. The van der Waals surface area contributed by atoms with Crippen molar-refractivity contribution in [2.45, 2.75) is 26.4 Å². The molecular formula is C25H23Cl3FNO2. The van der Waals surface area contributed by atoms with E-state index < -0.39 is 11.9 Å². The van der Waals surface area contributed by atoms with Crippen molar-refractivity contribution in [3.05, 3.63) is 98.2 Å². The zero-order valence-corrected chi connectivity index (χ0v) is 20.0. The number of carbonyl (C=O) groups excluding carboxylic acids is 1. The molecule has 0 radical (unpaired) electrons. The van der Waals surface area contributed by atoms with Gasteiger partial charge in [0.15, 0.2) is 17.7 Å². The summed E-state index contributed by atoms with van der Waals surface area (Å²) in [6.45, 7) is 5.06. The molecule has 0 heterocycles. The maximum atomic E-state index is 15.0. The number of hydrogen-bond donors (Lipinski definition) is 0. The van der Waals surface area contributed by atoms with Crippen molar-refractivity contribution in [1.82, 2.24) is 4.90 Å². The fraction of sp³-hybridized carbons (Fsp3) is 0.240. The number of carbonyl (C=O) groups is 1. The molecule has 168 valence electrons. The monoisotopic (exact) mass is 493 g/mol. The molecule has 0 aliphatic heterocycles. The first-order chi connectivity index (χ1) is 15.3. The molecule has 1 unspecified atom stereocenters. The van der Waals surface area contributed by atoms with Gasteiger partial charge in [0.2, 0.25) is 0 Å². The standard InChI is InChI=1S/C25H23Cl3FNO2/c1-3-13-30(4-2)25(31)17-7-12-23(22(29)14-17)32-24(16-5-8-18(26)9-6-16)20-11-10-19(27)15-21(20)28/h5-12,14-15,24H,3-4,13H2,1-2H3. The highest BCUT2D eigenvalue weighted by Gasteiger charge is 2.22. The third-order valence-electron chi connectivity index (χ3n) is 5.00. The third-order valence-corrected chi connectivity index (χ3v) is 5.82. The molecule has 3 aromatic rings. The first kappa shape index (κ1) is 24.4. The van der Waals surface area contributed by atoms with E-state index in [-0.39, 0.29) is 17.2 Å². The van der Waals surface area contributed by atoms with Gasteiger partial charge in [-0.25, -0.2) is 4.39 Å². The van der Waals surface area contributed by atoms with Crippen molar-refractivity contribution in [2.75, 3.05) is 13.1 Å². The second kappa shape index (κ2) is 11.0. The van der Waals surface area contributed by atoms with Gasteiger partial charge in [0, 0.05) is 39.3 Å². The molecular weight excluding hydrogens is 472 g/mol. The van der Waals surface area contributed by atoms with E-state index in [0.717, 1.165) is 12.0 Å². The summed E-state index contributed by atoms with van der Waals surface area (Å²) in [5, 5.41) is 1.44. The van der Waals surface area contributed by atoms with Gasteiger partial charge in [-0.05, 0) is 61.4 Å². The number of ether oxygens (including phenoxy) is 1. The number of benzene rings is 3. The molecule has 0 aliphatic carbocycles. The lowest BCUT2D eigenvalue weighted by atomic mass is 10.0. The van der Waals surface area contributed by atoms with Gasteiger partial charge < -0.3 is 9.64 Å². The van der Waals surface area contributed by atoms with Gasteiger partial charge in [-0.1, -0.05) is 59.9 Å². The Morgan fingerprint density at radius 3 is 2.25 bits per heavy atom. The summed E-state index contributed by atoms with van der Waals surface area (Å²) in [4.78, 5) is 14.4. The van der Waals surface area contributed by atoms with E-state index in [9.17, 15) is 4.79 Å². The highest BCUT2D eigenvalue weighted by Crippen LogP contribution is 2.35. The normalized spacial score (nSPS) is 11.8. The van der Waals surface area contributed by atoms with E-state index in [1.54, 1.807) is 53.4 Å². The minimum Gasteiger partial charge on any atom is -0.478 e. The van der Waals surface area contributed by atoms with E-state index in [0.29, 0.717) is 33.7 Å². The fourth-order valence-electron chi connectivity index (χ4n) is 3.37. The van der Waals surface area contributed by atoms with Crippen molar-refractivity contribution in [3.8, 4) is 5.75 Å². The van der Waals surface area contributed by atoms with E-state index in [1.165, 1.54) is 12.1 Å². The maximum Gasteiger partial charge on any atom is 0.253 e. The van der Waals surface area contributed by atoms with Gasteiger partial charge >= 0.3 is 0 Å². The summed E-state index contributed by atoms with van der Waals surface area (Å²) in [6, 6.07) is 16.3. The number of halogens is 4. The molecule has 1 atom stereocenters. The summed E-state index contributed by atoms with van der Waals surface area (Å²) in [5.41, 5.74) is 1.63. The van der Waals surface area contributed by atoms with Crippen LogP contribution in [-0.2, 0) is 0 Å². The van der Waals surface area contributed by atoms with Crippen LogP contribution in [0.4, 0.5) is 4.39 Å². The maximum absolute atomic E-state index is 15.0. The Morgan fingerprint density at radius 2 is 1.66 bits per heavy atom. The van der Waals surface area contributed by atoms with Gasteiger partial charge in [-0.2, -0.15) is 0 Å². The van der Waals surface area contributed by atoms with Crippen LogP contribution in [0.3, 0.4) is 0 Å². The Morgan fingerprint density at radius 1 is 0.969 bits per heavy atom. The molecule has 0 aliphatic rings. The summed E-state index contributed by atoms with van der Waals surface area (Å²) >= 11 is 18.5. The molecule has 0 saturated carbocycles. The lowest BCUT2D eigenvalue weighted by Gasteiger charge is -2.23. The van der Waals surface area contributed by atoms with Gasteiger partial charge in [0.05, 0.1) is 0 Å². The third kappa shape index (κ3) is 5.74. The average molecular weight is 495 g/mol. The van der Waals surface area contributed by atoms with E-state index in [2.05, 4.69) is 0 Å². The largest absolute Gasteiger partial charge is 0.478 e. The summed E-state index contributed by atoms with van der Waals surface area (Å²) < 4.78 is 21.1. The number of amides is 1. The number of hydrogen-bond acceptors (Lipinski definition) is 2. The Bertz CT molecular complexity index is 1090. The first-order valence-electron chi connectivity index (χ1n) is 10.3. The zero-order valence-electron chi connectivity index (χ0n) is 17.7. The van der Waals surface area contributed by atoms with Gasteiger partial charge in [0.1, 0.15) is 0 Å². The predicted octanol–water partition coefficient (Wildman–Crippen LogP) is 7.83. The van der Waals surface area contributed by atoms with Gasteiger partial charge in [-0.15, -0.1) is 0 Å². The summed E-state index contributed by atoms with van der Waals surface area (Å²) in [7, 11) is 0. The van der Waals surface area contributed by atoms with Crippen LogP contribution in [0, 0.1) is 5.82 Å². The first-order valence-corrected chi connectivity index (χ1v) is 11.4. The van der Waals surface area contributed by atoms with Gasteiger partial charge in [-0.3, -0.25) is 4.79 Å². The molecule has 3 nitrogen and oxygen atoms in total. The molecule has 32 heavy (non-hydrogen) atoms. The second-order valence-corrected chi connectivity index (χ2v) is 8.53. The van der Waals surface area contributed by atoms with Crippen molar-refractivity contribution in [1.29, 1.82) is 0 Å². The predicted molar refractivity (Wildman–Crippen MR) is 129 cm³/mol. The molecule has 7 heteroatoms. The van der Waals surface area contributed by atoms with E-state index >= 15 is 4.39 Å².